The van der Waals surface area contributed by atoms with E-state index in [9.17, 15) is 14.4 Å². The summed E-state index contributed by atoms with van der Waals surface area (Å²) < 4.78 is 20.5. The third-order valence-electron chi connectivity index (χ3n) is 4.44. The molecule has 182 valence electrons. The molecular weight excluding hydrogens is 474 g/mol. The first-order chi connectivity index (χ1) is 17.0. The number of carbonyl (C=O) groups excluding carboxylic acids is 3. The Kier molecular flexibility index (Phi) is 9.43. The monoisotopic (exact) mass is 497 g/mol. The molecule has 35 heavy (non-hydrogen) atoms. The van der Waals surface area contributed by atoms with Gasteiger partial charge in [0.2, 0.25) is 0 Å². The molecule has 1 aliphatic rings. The van der Waals surface area contributed by atoms with Crippen molar-refractivity contribution in [3.63, 3.8) is 0 Å². The number of esters is 2. The van der Waals surface area contributed by atoms with Crippen molar-refractivity contribution in [2.75, 3.05) is 27.4 Å². The molecule has 2 aromatic carbocycles. The summed E-state index contributed by atoms with van der Waals surface area (Å²) in [4.78, 5) is 34.6. The highest BCUT2D eigenvalue weighted by atomic mass is 32.2. The van der Waals surface area contributed by atoms with Gasteiger partial charge in [0, 0.05) is 12.5 Å². The van der Waals surface area contributed by atoms with Gasteiger partial charge in [-0.3, -0.25) is 10.1 Å². The number of benzene rings is 2. The molecule has 1 heterocycles. The quantitative estimate of drug-likeness (QED) is 0.175. The predicted octanol–water partition coefficient (Wildman–Crippen LogP) is 2.93. The average Bonchev–Trinajstić information content (AvgIpc) is 3.23. The number of rotatable bonds is 10. The third kappa shape index (κ3) is 8.00. The van der Waals surface area contributed by atoms with Gasteiger partial charge < -0.3 is 18.9 Å². The van der Waals surface area contributed by atoms with Crippen LogP contribution < -0.4 is 14.8 Å². The predicted molar refractivity (Wildman–Crippen MR) is 131 cm³/mol. The maximum absolute atomic E-state index is 11.8. The van der Waals surface area contributed by atoms with Crippen LogP contribution in [0.5, 0.6) is 11.5 Å². The first-order valence-corrected chi connectivity index (χ1v) is 11.2. The summed E-state index contributed by atoms with van der Waals surface area (Å²) in [5, 5.41) is 10.7. The van der Waals surface area contributed by atoms with Gasteiger partial charge in [-0.25, -0.2) is 9.59 Å². The minimum Gasteiger partial charge on any atom is -0.493 e. The molecule has 0 radical (unpaired) electrons. The zero-order valence-electron chi connectivity index (χ0n) is 19.1. The number of methoxy groups -OCH3 is 2. The average molecular weight is 498 g/mol. The molecule has 0 unspecified atom stereocenters. The van der Waals surface area contributed by atoms with Gasteiger partial charge in [0.25, 0.3) is 5.91 Å². The molecule has 0 saturated carbocycles. The van der Waals surface area contributed by atoms with Crippen molar-refractivity contribution < 1.29 is 33.3 Å². The summed E-state index contributed by atoms with van der Waals surface area (Å²) in [6.45, 7) is 0.938. The normalized spacial score (nSPS) is 15.3. The fourth-order valence-electron chi connectivity index (χ4n) is 2.68. The maximum Gasteiger partial charge on any atom is 0.337 e. The van der Waals surface area contributed by atoms with Gasteiger partial charge in [-0.2, -0.15) is 5.10 Å². The Morgan fingerprint density at radius 2 is 1.57 bits per heavy atom. The second-order valence-corrected chi connectivity index (χ2v) is 7.90. The molecular formula is C24H23N3O7S. The van der Waals surface area contributed by atoms with Crippen molar-refractivity contribution in [3.8, 4) is 11.5 Å². The molecule has 3 rings (SSSR count). The summed E-state index contributed by atoms with van der Waals surface area (Å²) in [7, 11) is 2.57. The molecule has 10 nitrogen and oxygen atoms in total. The van der Waals surface area contributed by atoms with E-state index >= 15 is 0 Å². The lowest BCUT2D eigenvalue weighted by molar-refractivity contribution is -0.135. The largest absolute Gasteiger partial charge is 0.493 e. The third-order valence-corrected chi connectivity index (χ3v) is 5.34. The minimum absolute atomic E-state index is 0.189. The minimum atomic E-state index is -0.617. The molecule has 0 aliphatic carbocycles. The van der Waals surface area contributed by atoms with E-state index in [4.69, 9.17) is 9.47 Å². The highest BCUT2D eigenvalue weighted by Crippen LogP contribution is 2.23. The van der Waals surface area contributed by atoms with Crippen molar-refractivity contribution in [1.29, 1.82) is 0 Å². The lowest BCUT2D eigenvalue weighted by atomic mass is 10.2. The van der Waals surface area contributed by atoms with Gasteiger partial charge >= 0.3 is 11.9 Å². The Morgan fingerprint density at radius 3 is 2.17 bits per heavy atom. The fourth-order valence-corrected chi connectivity index (χ4v) is 3.42. The highest BCUT2D eigenvalue weighted by molar-refractivity contribution is 8.18. The topological polar surface area (TPSA) is 125 Å². The smallest absolute Gasteiger partial charge is 0.337 e. The summed E-state index contributed by atoms with van der Waals surface area (Å²) in [5.41, 5.74) is 1.26. The molecule has 11 heteroatoms. The first-order valence-electron chi connectivity index (χ1n) is 10.4. The number of amidine groups is 1. The van der Waals surface area contributed by atoms with Gasteiger partial charge in [0.15, 0.2) is 5.17 Å². The van der Waals surface area contributed by atoms with Crippen LogP contribution in [0.2, 0.25) is 0 Å². The number of carbonyl (C=O) groups is 3. The number of hydrogen-bond donors (Lipinski definition) is 1. The molecule has 0 atom stereocenters. The molecule has 1 saturated heterocycles. The molecule has 0 aromatic heterocycles. The molecule has 1 fully saturated rings. The van der Waals surface area contributed by atoms with Crippen LogP contribution >= 0.6 is 11.8 Å². The molecule has 0 bridgehead atoms. The summed E-state index contributed by atoms with van der Waals surface area (Å²) in [6, 6.07) is 14.0. The van der Waals surface area contributed by atoms with Crippen molar-refractivity contribution in [2.45, 2.75) is 6.42 Å². The van der Waals surface area contributed by atoms with Gasteiger partial charge in [-0.1, -0.05) is 0 Å². The Labute approximate surface area is 206 Å². The summed E-state index contributed by atoms with van der Waals surface area (Å²) in [5.74, 6) is -0.0738. The summed E-state index contributed by atoms with van der Waals surface area (Å²) >= 11 is 1.00. The standard InChI is InChI=1S/C24H23N3O7S/c1-31-21(28)14-20-22(29)26-24(35-20)27-25-15-16-4-8-18(9-5-16)33-12-3-13-34-19-10-6-17(7-11-19)23(30)32-2/h4-11,14-15H,3,12-13H2,1-2H3,(H,26,27,29)/b20-14+,25-15?. The molecule has 2 aromatic rings. The van der Waals surface area contributed by atoms with Crippen LogP contribution in [0.4, 0.5) is 0 Å². The Bertz CT molecular complexity index is 1140. The zero-order valence-corrected chi connectivity index (χ0v) is 19.9. The van der Waals surface area contributed by atoms with E-state index in [-0.39, 0.29) is 16.0 Å². The maximum atomic E-state index is 11.8. The van der Waals surface area contributed by atoms with Gasteiger partial charge in [-0.15, -0.1) is 5.10 Å². The van der Waals surface area contributed by atoms with Gasteiger partial charge in [0.05, 0.1) is 44.1 Å². The second kappa shape index (κ2) is 12.9. The Morgan fingerprint density at radius 1 is 0.943 bits per heavy atom. The van der Waals surface area contributed by atoms with Crippen LogP contribution in [0.25, 0.3) is 0 Å². The van der Waals surface area contributed by atoms with Gasteiger partial charge in [0.1, 0.15) is 11.5 Å². The Hall–Kier alpha value is -4.12. The van der Waals surface area contributed by atoms with Crippen LogP contribution in [-0.4, -0.2) is 56.7 Å². The first kappa shape index (κ1) is 25.5. The number of ether oxygens (including phenoxy) is 4. The van der Waals surface area contributed by atoms with E-state index in [1.807, 2.05) is 24.3 Å². The highest BCUT2D eigenvalue weighted by Gasteiger charge is 2.24. The number of thioether (sulfide) groups is 1. The van der Waals surface area contributed by atoms with E-state index in [1.165, 1.54) is 20.4 Å². The lowest BCUT2D eigenvalue weighted by Gasteiger charge is -2.08. The fraction of sp³-hybridized carbons (Fsp3) is 0.208. The van der Waals surface area contributed by atoms with E-state index in [2.05, 4.69) is 25.0 Å². The number of amides is 1. The van der Waals surface area contributed by atoms with Crippen LogP contribution in [0.1, 0.15) is 22.3 Å². The molecule has 1 aliphatic heterocycles. The van der Waals surface area contributed by atoms with Crippen LogP contribution in [-0.2, 0) is 19.1 Å². The molecule has 0 spiro atoms. The number of nitrogens with one attached hydrogen (secondary N) is 1. The van der Waals surface area contributed by atoms with Crippen LogP contribution in [0.3, 0.4) is 0 Å². The Balaban J connectivity index is 1.38. The number of hydrogen-bond acceptors (Lipinski definition) is 10. The van der Waals surface area contributed by atoms with E-state index in [0.717, 1.165) is 23.4 Å². The van der Waals surface area contributed by atoms with Crippen LogP contribution in [0, 0.1) is 0 Å². The molecule has 1 N–H and O–H groups in total. The lowest BCUT2D eigenvalue weighted by Crippen LogP contribution is -2.19. The van der Waals surface area contributed by atoms with E-state index in [0.29, 0.717) is 36.7 Å². The van der Waals surface area contributed by atoms with E-state index < -0.39 is 11.9 Å². The van der Waals surface area contributed by atoms with Gasteiger partial charge in [-0.05, 0) is 65.9 Å². The number of nitrogens with zero attached hydrogens (tertiary/aromatic N) is 2. The molecule has 1 amide bonds. The zero-order chi connectivity index (χ0) is 25.0. The van der Waals surface area contributed by atoms with Crippen molar-refractivity contribution in [3.05, 3.63) is 70.6 Å². The summed E-state index contributed by atoms with van der Waals surface area (Å²) in [6.07, 6.45) is 3.31. The van der Waals surface area contributed by atoms with E-state index in [1.54, 1.807) is 24.3 Å². The van der Waals surface area contributed by atoms with Crippen molar-refractivity contribution >= 4 is 41.0 Å². The van der Waals surface area contributed by atoms with Crippen molar-refractivity contribution in [2.24, 2.45) is 10.2 Å². The van der Waals surface area contributed by atoms with Crippen molar-refractivity contribution in [1.82, 2.24) is 5.32 Å². The van der Waals surface area contributed by atoms with Crippen LogP contribution in [0.15, 0.2) is 69.7 Å². The second-order valence-electron chi connectivity index (χ2n) is 6.87. The SMILES string of the molecule is COC(=O)/C=C1/S/C(=N\N=Cc2ccc(OCCCOc3ccc(C(=O)OC)cc3)cc2)NC1=O.